The first-order valence-corrected chi connectivity index (χ1v) is 41.0. The molecule has 624 valence electrons. The molecular formula is C78H115N13O20S2. The van der Waals surface area contributed by atoms with Crippen LogP contribution >= 0.6 is 21.6 Å². The molecule has 5 rings (SSSR count). The number of Topliss-reactive ketones (excluding diaryl/α,β-unsaturated/α-hetero) is 1. The molecule has 0 saturated carbocycles. The number of ketones is 1. The zero-order valence-corrected chi connectivity index (χ0v) is 68.4. The summed E-state index contributed by atoms with van der Waals surface area (Å²) in [6.45, 7) is 20.4. The molecule has 0 aromatic heterocycles. The van der Waals surface area contributed by atoms with Crippen molar-refractivity contribution in [2.75, 3.05) is 38.8 Å². The smallest absolute Gasteiger partial charge is 0.312 e. The highest BCUT2D eigenvalue weighted by atomic mass is 33.1. The van der Waals surface area contributed by atoms with Gasteiger partial charge >= 0.3 is 11.9 Å². The van der Waals surface area contributed by atoms with E-state index in [0.29, 0.717) is 24.0 Å². The Bertz CT molecular complexity index is 3690. The molecule has 3 fully saturated rings. The zero-order valence-electron chi connectivity index (χ0n) is 66.7. The number of benzene rings is 2. The number of amides is 13. The van der Waals surface area contributed by atoms with Crippen LogP contribution in [0.15, 0.2) is 72.9 Å². The number of rotatable bonds is 20. The molecule has 3 aliphatic rings. The summed E-state index contributed by atoms with van der Waals surface area (Å²) in [6.07, 6.45) is -4.21. The van der Waals surface area contributed by atoms with Gasteiger partial charge in [-0.25, -0.2) is 0 Å². The molecule has 3 heterocycles. The predicted molar refractivity (Wildman–Crippen MR) is 420 cm³/mol. The number of ether oxygens (including phenoxy) is 2. The first kappa shape index (κ1) is 94.1. The second kappa shape index (κ2) is 46.0. The van der Waals surface area contributed by atoms with Gasteiger partial charge in [-0.05, 0) is 81.3 Å². The number of likely N-dealkylation sites (N-methyl/N-ethyl adjacent to an activating group) is 1. The van der Waals surface area contributed by atoms with Gasteiger partial charge < -0.3 is 88.0 Å². The fourth-order valence-electron chi connectivity index (χ4n) is 12.9. The summed E-state index contributed by atoms with van der Waals surface area (Å²) in [4.78, 5) is 236. The van der Waals surface area contributed by atoms with Crippen molar-refractivity contribution in [2.24, 2.45) is 29.6 Å². The molecule has 0 radical (unpaired) electrons. The van der Waals surface area contributed by atoms with Crippen molar-refractivity contribution in [3.63, 3.8) is 0 Å². The van der Waals surface area contributed by atoms with E-state index in [1.165, 1.54) is 39.8 Å². The molecule has 18 atom stereocenters. The van der Waals surface area contributed by atoms with Crippen LogP contribution in [0.3, 0.4) is 0 Å². The van der Waals surface area contributed by atoms with Crippen LogP contribution < -0.4 is 58.5 Å². The van der Waals surface area contributed by atoms with Gasteiger partial charge in [-0.15, -0.1) is 0 Å². The lowest BCUT2D eigenvalue weighted by Crippen LogP contribution is -2.62. The number of aliphatic hydroxyl groups excluding tert-OH is 1. The number of carbonyl (C=O) groups excluding carboxylic acids is 15. The van der Waals surface area contributed by atoms with Gasteiger partial charge in [0.25, 0.3) is 5.91 Å². The number of aliphatic carboxylic acids is 1. The number of nitrogens with zero attached hydrogens (tertiary/aromatic N) is 2. The Balaban J connectivity index is 1.80. The molecule has 2 bridgehead atoms. The van der Waals surface area contributed by atoms with Gasteiger partial charge in [0.2, 0.25) is 70.9 Å². The van der Waals surface area contributed by atoms with Crippen molar-refractivity contribution in [3.8, 4) is 0 Å². The molecule has 3 aliphatic heterocycles. The molecular weight excluding hydrogens is 1500 g/mol. The normalized spacial score (nSPS) is 27.5. The van der Waals surface area contributed by atoms with Gasteiger partial charge in [0.15, 0.2) is 5.78 Å². The van der Waals surface area contributed by atoms with Crippen LogP contribution in [0.2, 0.25) is 0 Å². The van der Waals surface area contributed by atoms with E-state index in [4.69, 9.17) is 9.47 Å². The van der Waals surface area contributed by atoms with Gasteiger partial charge in [0.1, 0.15) is 78.6 Å². The summed E-state index contributed by atoms with van der Waals surface area (Å²) >= 11 is 0. The number of hydrogen-bond acceptors (Lipinski definition) is 21. The van der Waals surface area contributed by atoms with Crippen molar-refractivity contribution in [1.82, 2.24) is 68.3 Å². The minimum atomic E-state index is -2.02. The number of hydrogen-bond donors (Lipinski definition) is 13. The van der Waals surface area contributed by atoms with E-state index in [0.717, 1.165) is 26.5 Å². The lowest BCUT2D eigenvalue weighted by Gasteiger charge is -2.35. The third kappa shape index (κ3) is 28.5. The highest BCUT2D eigenvalue weighted by Crippen LogP contribution is 2.27. The number of esters is 1. The first-order chi connectivity index (χ1) is 53.5. The minimum absolute atomic E-state index is 0.00341. The Morgan fingerprint density at radius 1 is 0.619 bits per heavy atom. The maximum Gasteiger partial charge on any atom is 0.312 e. The Morgan fingerprint density at radius 2 is 1.17 bits per heavy atom. The molecule has 13 N–H and O–H groups in total. The predicted octanol–water partition coefficient (Wildman–Crippen LogP) is 1.17. The fourth-order valence-corrected chi connectivity index (χ4v) is 15.2. The van der Waals surface area contributed by atoms with Gasteiger partial charge in [-0.1, -0.05) is 163 Å². The van der Waals surface area contributed by atoms with Gasteiger partial charge in [-0.2, -0.15) is 0 Å². The highest BCUT2D eigenvalue weighted by molar-refractivity contribution is 8.76. The molecule has 33 nitrogen and oxygen atoms in total. The SMILES string of the molecule is C=C1NC(=O)[C@H]([C@@H](C)CC)NC(=O)[C@@H]2CSSC[C@H](NC(=O)CCC(=O)O)C(=O)N[C@H](Cc3ccccc3)C(=O)N[C@H](C)C(=O)N[C@@H](C[C@@H](C)CC)C(=O)N[C@@H](C(=O)N[C@H](Cc3ccccc3)C(=O)N3CCC[C@H]3C(=O)N2)[C@@H](C)OC(=O)[C@H](CO)CC(=O)[C@H]([C@@H](C)OC)N(C)C(=O)C(C(C)C)NC(=O)[C@H](C[C@H](C)CC)NC1=O. The van der Waals surface area contributed by atoms with E-state index in [1.807, 2.05) is 20.8 Å². The molecule has 35 heteroatoms. The standard InChI is InChI=1S/C78H115N13O20S2/c1-15-42(6)33-52-69(100)87-62(41(4)5)77(108)90(13)65(48(12)110-14)59(93)37-51(38-92)78(109)111-47(11)64-75(106)85-55(36-50-27-22-19-23-28-50)76(107)91-32-24-29-58(91)73(104)86-57(72(103)88-63(44(8)17-3)74(105)80-46(10)67(98)82-52)40-113-112-39-56(81-60(94)30-31-61(95)96)71(102)84-54(35-49-25-20-18-21-26-49)68(99)79-45(9)66(97)83-53(70(101)89-64)34-43(7)16-2/h18-23,25-28,41-45,47-48,51-58,62-65,92H,10,15-17,24,29-40H2,1-9,11-14H3,(H,79,99)(H,80,105)(H,81,94)(H,82,98)(H,83,97)(H,84,102)(H,85,106)(H,86,104)(H,87,100)(H,88,103)(H,89,101)(H,95,96)/t42-,43+,44+,45-,47-,48-,51+,52+,53+,54-,55-,56+,57+,58+,62?,63+,64-,65+/m1/s1. The summed E-state index contributed by atoms with van der Waals surface area (Å²) < 4.78 is 11.6. The number of carboxylic acid groups (broad SMARTS) is 1. The van der Waals surface area contributed by atoms with Gasteiger partial charge in [0, 0.05) is 57.9 Å². The summed E-state index contributed by atoms with van der Waals surface area (Å²) in [5.74, 6) is -20.3. The number of nitrogens with one attached hydrogen (secondary N) is 11. The van der Waals surface area contributed by atoms with E-state index in [1.54, 1.807) is 95.3 Å². The lowest BCUT2D eigenvalue weighted by atomic mass is 9.93. The molecule has 13 amide bonds. The number of carbonyl (C=O) groups is 16. The largest absolute Gasteiger partial charge is 0.481 e. The number of cyclic esters (lactones) is 1. The Kier molecular flexibility index (Phi) is 38.3. The second-order valence-electron chi connectivity index (χ2n) is 29.7. The average molecular weight is 1620 g/mol. The summed E-state index contributed by atoms with van der Waals surface area (Å²) in [5.41, 5.74) is 0.426. The number of carboxylic acids is 1. The summed E-state index contributed by atoms with van der Waals surface area (Å²) in [7, 11) is 4.31. The maximum absolute atomic E-state index is 15.6. The highest BCUT2D eigenvalue weighted by Gasteiger charge is 2.45. The van der Waals surface area contributed by atoms with Crippen LogP contribution in [0.4, 0.5) is 0 Å². The van der Waals surface area contributed by atoms with E-state index in [9.17, 15) is 63.0 Å². The van der Waals surface area contributed by atoms with Gasteiger partial charge in [0.05, 0.1) is 30.7 Å². The van der Waals surface area contributed by atoms with E-state index >= 15 is 24.0 Å². The van der Waals surface area contributed by atoms with Crippen molar-refractivity contribution in [1.29, 1.82) is 0 Å². The van der Waals surface area contributed by atoms with Crippen LogP contribution in [0.5, 0.6) is 0 Å². The van der Waals surface area contributed by atoms with Crippen molar-refractivity contribution in [3.05, 3.63) is 84.1 Å². The molecule has 0 spiro atoms. The van der Waals surface area contributed by atoms with Crippen LogP contribution in [0.1, 0.15) is 151 Å². The van der Waals surface area contributed by atoms with E-state index < -0.39 is 234 Å². The summed E-state index contributed by atoms with van der Waals surface area (Å²) in [6, 6.07) is -1.89. The Hall–Kier alpha value is -9.48. The topological polar surface area (TPSA) is 471 Å². The number of fused-ring (bicyclic) bond motifs is 6. The fraction of sp³-hybridized carbons (Fsp3) is 0.615. The van der Waals surface area contributed by atoms with Crippen LogP contribution in [0.25, 0.3) is 0 Å². The third-order valence-corrected chi connectivity index (χ3v) is 23.0. The average Bonchev–Trinajstić information content (AvgIpc) is 1.75. The second-order valence-corrected chi connectivity index (χ2v) is 32.3. The monoisotopic (exact) mass is 1620 g/mol. The molecule has 2 aromatic rings. The van der Waals surface area contributed by atoms with Crippen LogP contribution in [-0.4, -0.2) is 238 Å². The van der Waals surface area contributed by atoms with Crippen LogP contribution in [0, 0.1) is 29.6 Å². The number of aliphatic hydroxyl groups is 1. The molecule has 2 aromatic carbocycles. The Morgan fingerprint density at radius 3 is 1.73 bits per heavy atom. The maximum atomic E-state index is 15.6. The molecule has 0 aliphatic carbocycles. The Labute approximate surface area is 667 Å². The molecule has 3 saturated heterocycles. The number of methoxy groups -OCH3 is 1. The van der Waals surface area contributed by atoms with Crippen molar-refractivity contribution >= 4 is 116 Å². The van der Waals surface area contributed by atoms with E-state index in [2.05, 4.69) is 65.1 Å². The molecule has 1 unspecified atom stereocenters. The van der Waals surface area contributed by atoms with Crippen LogP contribution in [-0.2, 0) is 99.0 Å². The lowest BCUT2D eigenvalue weighted by molar-refractivity contribution is -0.160. The minimum Gasteiger partial charge on any atom is -0.481 e. The third-order valence-electron chi connectivity index (χ3n) is 20.6. The quantitative estimate of drug-likeness (QED) is 0.0503. The first-order valence-electron chi connectivity index (χ1n) is 38.5. The summed E-state index contributed by atoms with van der Waals surface area (Å²) in [5, 5.41) is 49.6. The van der Waals surface area contributed by atoms with E-state index in [-0.39, 0.29) is 69.1 Å². The zero-order chi connectivity index (χ0) is 84.1. The van der Waals surface area contributed by atoms with Crippen molar-refractivity contribution < 1.29 is 96.4 Å². The molecule has 113 heavy (non-hydrogen) atoms. The van der Waals surface area contributed by atoms with Crippen molar-refractivity contribution in [2.45, 2.75) is 238 Å². The van der Waals surface area contributed by atoms with Gasteiger partial charge in [-0.3, -0.25) is 76.7 Å².